The van der Waals surface area contributed by atoms with Gasteiger partial charge in [0.05, 0.1) is 52.4 Å². The van der Waals surface area contributed by atoms with Crippen molar-refractivity contribution in [3.05, 3.63) is 0 Å². The summed E-state index contributed by atoms with van der Waals surface area (Å²) in [6.45, 7) is 9.82. The second kappa shape index (κ2) is 17.0. The Morgan fingerprint density at radius 3 is 1.87 bits per heavy atom. The largest absolute Gasteiger partial charge is 0.399 e. The van der Waals surface area contributed by atoms with E-state index in [1.165, 1.54) is 0 Å². The van der Waals surface area contributed by atoms with Crippen LogP contribution >= 0.6 is 7.60 Å². The minimum Gasteiger partial charge on any atom is -0.399 e. The maximum Gasteiger partial charge on any atom is 0.332 e. The number of hydrogen-bond donors (Lipinski definition) is 0. The molecule has 140 valence electrons. The number of ether oxygens (including phenoxy) is 2. The smallest absolute Gasteiger partial charge is 0.332 e. The maximum atomic E-state index is 12.4. The van der Waals surface area contributed by atoms with Gasteiger partial charge in [-0.25, -0.2) is 0 Å². The Morgan fingerprint density at radius 2 is 1.30 bits per heavy atom. The lowest BCUT2D eigenvalue weighted by Crippen LogP contribution is -2.14. The highest BCUT2D eigenvalue weighted by Crippen LogP contribution is 2.47. The summed E-state index contributed by atoms with van der Waals surface area (Å²) in [5.41, 5.74) is 0. The molecular weight excluding hydrogens is 339 g/mol. The van der Waals surface area contributed by atoms with Gasteiger partial charge in [0.25, 0.3) is 0 Å². The second-order valence-corrected chi connectivity index (χ2v) is 7.98. The molecule has 0 atom stereocenters. The lowest BCUT2D eigenvalue weighted by atomic mass is 10.5. The Hall–Kier alpha value is 0.207. The van der Waals surface area contributed by atoms with Crippen LogP contribution < -0.4 is 0 Å². The van der Waals surface area contributed by atoms with E-state index in [4.69, 9.17) is 27.4 Å². The molecule has 0 heterocycles. The molecular formula is C14H33O7PSi. The van der Waals surface area contributed by atoms with Crippen molar-refractivity contribution in [2.24, 2.45) is 0 Å². The van der Waals surface area contributed by atoms with Gasteiger partial charge < -0.3 is 27.4 Å². The quantitative estimate of drug-likeness (QED) is 0.207. The molecule has 0 aliphatic carbocycles. The van der Waals surface area contributed by atoms with E-state index in [1.54, 1.807) is 0 Å². The molecule has 0 aromatic rings. The first-order valence-corrected chi connectivity index (χ1v) is 11.3. The van der Waals surface area contributed by atoms with Gasteiger partial charge in [-0.2, -0.15) is 0 Å². The molecule has 0 spiro atoms. The average molecular weight is 372 g/mol. The van der Waals surface area contributed by atoms with Gasteiger partial charge in [-0.3, -0.25) is 4.57 Å². The van der Waals surface area contributed by atoms with E-state index >= 15 is 0 Å². The molecule has 0 N–H and O–H groups in total. The van der Waals surface area contributed by atoms with E-state index in [0.29, 0.717) is 52.9 Å². The molecule has 0 aromatic heterocycles. The summed E-state index contributed by atoms with van der Waals surface area (Å²) in [7, 11) is -3.86. The van der Waals surface area contributed by atoms with Crippen molar-refractivity contribution in [3.8, 4) is 0 Å². The molecule has 7 nitrogen and oxygen atoms in total. The molecule has 0 aromatic carbocycles. The molecule has 0 aliphatic heterocycles. The van der Waals surface area contributed by atoms with Gasteiger partial charge >= 0.3 is 17.6 Å². The molecule has 0 rings (SSSR count). The Labute approximate surface area is 142 Å². The first-order valence-electron chi connectivity index (χ1n) is 8.37. The summed E-state index contributed by atoms with van der Waals surface area (Å²) in [5.74, 6) is 0. The molecule has 9 heteroatoms. The predicted molar refractivity (Wildman–Crippen MR) is 92.7 cm³/mol. The number of rotatable bonds is 18. The summed E-state index contributed by atoms with van der Waals surface area (Å²) < 4.78 is 44.4. The highest BCUT2D eigenvalue weighted by Gasteiger charge is 2.23. The fourth-order valence-electron chi connectivity index (χ4n) is 1.44. The zero-order valence-corrected chi connectivity index (χ0v) is 17.1. The van der Waals surface area contributed by atoms with Gasteiger partial charge in [-0.1, -0.05) is 13.8 Å². The monoisotopic (exact) mass is 372 g/mol. The van der Waals surface area contributed by atoms with Crippen LogP contribution in [0, 0.1) is 0 Å². The Kier molecular flexibility index (Phi) is 17.2. The van der Waals surface area contributed by atoms with Crippen LogP contribution in [0.15, 0.2) is 0 Å². The van der Waals surface area contributed by atoms with Crippen molar-refractivity contribution >= 4 is 17.6 Å². The average Bonchev–Trinajstić information content (AvgIpc) is 2.56. The van der Waals surface area contributed by atoms with Crippen LogP contribution in [0.2, 0.25) is 0 Å². The molecule has 0 amide bonds. The van der Waals surface area contributed by atoms with E-state index in [0.717, 1.165) is 12.8 Å². The lowest BCUT2D eigenvalue weighted by Gasteiger charge is -2.18. The summed E-state index contributed by atoms with van der Waals surface area (Å²) in [6, 6.07) is 0. The summed E-state index contributed by atoms with van der Waals surface area (Å²) >= 11 is 0. The van der Waals surface area contributed by atoms with Crippen LogP contribution in [0.1, 0.15) is 33.6 Å². The van der Waals surface area contributed by atoms with Crippen molar-refractivity contribution in [2.45, 2.75) is 33.6 Å². The van der Waals surface area contributed by atoms with E-state index in [1.807, 2.05) is 20.8 Å². The zero-order chi connectivity index (χ0) is 17.2. The first kappa shape index (κ1) is 23.2. The molecule has 0 bridgehead atoms. The van der Waals surface area contributed by atoms with Crippen molar-refractivity contribution in [1.82, 2.24) is 0 Å². The van der Waals surface area contributed by atoms with Crippen LogP contribution in [-0.4, -0.2) is 69.0 Å². The van der Waals surface area contributed by atoms with Crippen LogP contribution in [0.25, 0.3) is 0 Å². The van der Waals surface area contributed by atoms with Crippen molar-refractivity contribution < 1.29 is 31.9 Å². The van der Waals surface area contributed by atoms with Gasteiger partial charge in [0, 0.05) is 6.61 Å². The molecule has 0 fully saturated rings. The molecule has 0 aliphatic rings. The molecule has 0 saturated carbocycles. The topological polar surface area (TPSA) is 72.5 Å². The van der Waals surface area contributed by atoms with Gasteiger partial charge in [0.15, 0.2) is 0 Å². The van der Waals surface area contributed by atoms with Crippen molar-refractivity contribution in [2.75, 3.05) is 59.0 Å². The third kappa shape index (κ3) is 15.5. The fraction of sp³-hybridized carbons (Fsp3) is 1.00. The highest BCUT2D eigenvalue weighted by atomic mass is 31.2. The van der Waals surface area contributed by atoms with E-state index < -0.39 is 17.6 Å². The standard InChI is InChI=1S/C14H33O7PSi/c1-4-7-18-22(15,19-8-5-2)14-13-17-10-9-16-11-12-21-23-20-6-3/h4-14,23H2,1-3H3. The Bertz CT molecular complexity index is 282. The fourth-order valence-corrected chi connectivity index (χ4v) is 3.57. The predicted octanol–water partition coefficient (Wildman–Crippen LogP) is 2.12. The van der Waals surface area contributed by atoms with Crippen LogP contribution in [0.4, 0.5) is 0 Å². The highest BCUT2D eigenvalue weighted by molar-refractivity contribution is 7.53. The Balaban J connectivity index is 3.56. The zero-order valence-electron chi connectivity index (χ0n) is 14.8. The van der Waals surface area contributed by atoms with Crippen LogP contribution in [-0.2, 0) is 31.9 Å². The van der Waals surface area contributed by atoms with Crippen molar-refractivity contribution in [3.63, 3.8) is 0 Å². The third-order valence-corrected chi connectivity index (χ3v) is 5.52. The SMILES string of the molecule is CCCOP(=O)(CCOCCOCCO[SiH2]OCC)OCCC. The summed E-state index contributed by atoms with van der Waals surface area (Å²) in [5, 5.41) is 0. The summed E-state index contributed by atoms with van der Waals surface area (Å²) in [6.07, 6.45) is 1.89. The Morgan fingerprint density at radius 1 is 0.739 bits per heavy atom. The second-order valence-electron chi connectivity index (χ2n) is 4.74. The molecule has 0 unspecified atom stereocenters. The first-order chi connectivity index (χ1) is 11.2. The molecule has 23 heavy (non-hydrogen) atoms. The van der Waals surface area contributed by atoms with Crippen LogP contribution in [0.5, 0.6) is 0 Å². The maximum absolute atomic E-state index is 12.4. The van der Waals surface area contributed by atoms with E-state index in [2.05, 4.69) is 0 Å². The van der Waals surface area contributed by atoms with Gasteiger partial charge in [0.1, 0.15) is 0 Å². The van der Waals surface area contributed by atoms with Gasteiger partial charge in [-0.05, 0) is 19.8 Å². The lowest BCUT2D eigenvalue weighted by molar-refractivity contribution is 0.0373. The van der Waals surface area contributed by atoms with Gasteiger partial charge in [0.2, 0.25) is 0 Å². The van der Waals surface area contributed by atoms with Gasteiger partial charge in [-0.15, -0.1) is 0 Å². The third-order valence-electron chi connectivity index (χ3n) is 2.61. The molecule has 0 radical (unpaired) electrons. The van der Waals surface area contributed by atoms with E-state index in [-0.39, 0.29) is 6.16 Å². The van der Waals surface area contributed by atoms with Crippen molar-refractivity contribution in [1.29, 1.82) is 0 Å². The van der Waals surface area contributed by atoms with E-state index in [9.17, 15) is 4.57 Å². The minimum atomic E-state index is -3.02. The molecule has 0 saturated heterocycles. The minimum absolute atomic E-state index is 0.274. The normalized spacial score (nSPS) is 12.5. The summed E-state index contributed by atoms with van der Waals surface area (Å²) in [4.78, 5) is 0. The van der Waals surface area contributed by atoms with Crippen LogP contribution in [0.3, 0.4) is 0 Å². The number of hydrogen-bond acceptors (Lipinski definition) is 7.